The Balaban J connectivity index is 2.21. The van der Waals surface area contributed by atoms with Crippen LogP contribution in [0.25, 0.3) is 4.96 Å². The molecule has 0 aliphatic rings. The van der Waals surface area contributed by atoms with Crippen molar-refractivity contribution < 1.29 is 0 Å². The predicted octanol–water partition coefficient (Wildman–Crippen LogP) is 2.52. The monoisotopic (exact) mass is 216 g/mol. The van der Waals surface area contributed by atoms with Crippen molar-refractivity contribution in [1.29, 1.82) is 0 Å². The topological polar surface area (TPSA) is 17.3 Å². The summed E-state index contributed by atoms with van der Waals surface area (Å²) in [7, 11) is 1.56. The Labute approximate surface area is 83.8 Å². The Bertz CT molecular complexity index is 337. The normalized spacial score (nSPS) is 11.1. The van der Waals surface area contributed by atoms with Crippen molar-refractivity contribution in [2.24, 2.45) is 0 Å². The molecule has 12 heavy (non-hydrogen) atoms. The van der Waals surface area contributed by atoms with Gasteiger partial charge in [-0.3, -0.25) is 4.40 Å². The smallest absolute Gasteiger partial charge is 0.193 e. The molecule has 2 aromatic heterocycles. The second-order valence-corrected chi connectivity index (χ2v) is 4.72. The van der Waals surface area contributed by atoms with Gasteiger partial charge in [0.05, 0.1) is 5.69 Å². The number of aryl methyl sites for hydroxylation is 1. The van der Waals surface area contributed by atoms with Gasteiger partial charge in [-0.2, -0.15) is 0 Å². The Morgan fingerprint density at radius 2 is 2.58 bits per heavy atom. The van der Waals surface area contributed by atoms with Crippen molar-refractivity contribution in [3.8, 4) is 0 Å². The second-order valence-electron chi connectivity index (χ2n) is 2.41. The summed E-state index contributed by atoms with van der Waals surface area (Å²) in [5.41, 5.74) is 1.16. The van der Waals surface area contributed by atoms with E-state index < -0.39 is 0 Å². The fourth-order valence-electron chi connectivity index (χ4n) is 1.05. The maximum atomic E-state index is 4.44. The molecular formula is C7H8N2S3. The van der Waals surface area contributed by atoms with Crippen LogP contribution in [0.15, 0.2) is 17.8 Å². The highest BCUT2D eigenvalue weighted by atomic mass is 33.1. The summed E-state index contributed by atoms with van der Waals surface area (Å²) in [6, 6.07) is 0. The van der Waals surface area contributed by atoms with Crippen LogP contribution in [-0.2, 0) is 6.42 Å². The van der Waals surface area contributed by atoms with Crippen LogP contribution in [0, 0.1) is 0 Å². The number of aromatic nitrogens is 2. The average molecular weight is 216 g/mol. The summed E-state index contributed by atoms with van der Waals surface area (Å²) >= 11 is 5.75. The van der Waals surface area contributed by atoms with Gasteiger partial charge >= 0.3 is 0 Å². The number of thiazole rings is 1. The van der Waals surface area contributed by atoms with Crippen LogP contribution in [0.2, 0.25) is 0 Å². The lowest BCUT2D eigenvalue weighted by molar-refractivity contribution is 1.08. The predicted molar refractivity (Wildman–Crippen MR) is 58.2 cm³/mol. The van der Waals surface area contributed by atoms with Crippen LogP contribution >= 0.6 is 33.8 Å². The van der Waals surface area contributed by atoms with E-state index in [2.05, 4.69) is 27.2 Å². The summed E-state index contributed by atoms with van der Waals surface area (Å²) in [5.74, 6) is 1.02. The first-order valence-corrected chi connectivity index (χ1v) is 6.49. The van der Waals surface area contributed by atoms with Gasteiger partial charge in [-0.25, -0.2) is 4.98 Å². The number of fused-ring (bicyclic) bond motifs is 1. The SMILES string of the molecule is SSCCc1cn2ccsc2n1. The molecule has 2 nitrogen and oxygen atoms in total. The third kappa shape index (κ3) is 1.62. The number of rotatable bonds is 3. The molecule has 0 saturated carbocycles. The Hall–Kier alpha value is -0.130. The summed E-state index contributed by atoms with van der Waals surface area (Å²) in [4.78, 5) is 5.52. The van der Waals surface area contributed by atoms with Crippen LogP contribution in [0.5, 0.6) is 0 Å². The summed E-state index contributed by atoms with van der Waals surface area (Å²) in [5, 5.41) is 2.04. The van der Waals surface area contributed by atoms with Crippen molar-refractivity contribution in [2.45, 2.75) is 6.42 Å². The fourth-order valence-corrected chi connectivity index (χ4v) is 2.34. The summed E-state index contributed by atoms with van der Waals surface area (Å²) in [6.45, 7) is 0. The van der Waals surface area contributed by atoms with Gasteiger partial charge in [-0.15, -0.1) is 23.0 Å². The highest BCUT2D eigenvalue weighted by molar-refractivity contribution is 8.68. The van der Waals surface area contributed by atoms with Crippen molar-refractivity contribution in [2.75, 3.05) is 5.75 Å². The van der Waals surface area contributed by atoms with Crippen molar-refractivity contribution >= 4 is 38.8 Å². The molecule has 0 fully saturated rings. The van der Waals surface area contributed by atoms with Crippen LogP contribution in [0.1, 0.15) is 5.69 Å². The molecule has 0 aromatic carbocycles. The molecule has 0 unspecified atom stereocenters. The molecule has 64 valence electrons. The fraction of sp³-hybridized carbons (Fsp3) is 0.286. The highest BCUT2D eigenvalue weighted by Crippen LogP contribution is 2.13. The third-order valence-corrected chi connectivity index (χ3v) is 3.30. The molecule has 0 N–H and O–H groups in total. The standard InChI is InChI=1S/C7H8N2S3/c10-12-3-1-6-5-9-2-4-11-7(9)8-6/h2,4-5,10H,1,3H2. The molecule has 2 rings (SSSR count). The maximum Gasteiger partial charge on any atom is 0.193 e. The van der Waals surface area contributed by atoms with Gasteiger partial charge in [-0.05, 0) is 0 Å². The number of nitrogens with zero attached hydrogens (tertiary/aromatic N) is 2. The van der Waals surface area contributed by atoms with Crippen molar-refractivity contribution in [3.05, 3.63) is 23.5 Å². The highest BCUT2D eigenvalue weighted by Gasteiger charge is 2.00. The van der Waals surface area contributed by atoms with Crippen LogP contribution in [0.3, 0.4) is 0 Å². The zero-order valence-electron chi connectivity index (χ0n) is 6.30. The maximum absolute atomic E-state index is 4.44. The lowest BCUT2D eigenvalue weighted by Crippen LogP contribution is -1.85. The zero-order chi connectivity index (χ0) is 8.39. The quantitative estimate of drug-likeness (QED) is 0.627. The van der Waals surface area contributed by atoms with Crippen molar-refractivity contribution in [3.63, 3.8) is 0 Å². The number of hydrogen-bond acceptors (Lipinski definition) is 4. The first-order chi connectivity index (χ1) is 5.90. The number of imidazole rings is 1. The molecule has 0 amide bonds. The summed E-state index contributed by atoms with van der Waals surface area (Å²) < 4.78 is 2.06. The molecule has 2 heterocycles. The van der Waals surface area contributed by atoms with E-state index in [0.717, 1.165) is 22.8 Å². The van der Waals surface area contributed by atoms with Gasteiger partial charge in [0.2, 0.25) is 0 Å². The van der Waals surface area contributed by atoms with Gasteiger partial charge in [-0.1, -0.05) is 10.8 Å². The molecule has 0 spiro atoms. The van der Waals surface area contributed by atoms with Gasteiger partial charge in [0.1, 0.15) is 0 Å². The molecule has 0 atom stereocenters. The molecular weight excluding hydrogens is 208 g/mol. The van der Waals surface area contributed by atoms with Gasteiger partial charge < -0.3 is 0 Å². The van der Waals surface area contributed by atoms with E-state index >= 15 is 0 Å². The summed E-state index contributed by atoms with van der Waals surface area (Å²) in [6.07, 6.45) is 5.11. The largest absolute Gasteiger partial charge is 0.297 e. The number of thiol groups is 1. The van der Waals surface area contributed by atoms with Crippen LogP contribution < -0.4 is 0 Å². The van der Waals surface area contributed by atoms with E-state index in [1.165, 1.54) is 0 Å². The lowest BCUT2D eigenvalue weighted by atomic mass is 10.4. The molecule has 0 aliphatic heterocycles. The second kappa shape index (κ2) is 3.72. The minimum absolute atomic E-state index is 1.00. The van der Waals surface area contributed by atoms with Crippen molar-refractivity contribution in [1.82, 2.24) is 9.38 Å². The first-order valence-electron chi connectivity index (χ1n) is 3.57. The minimum Gasteiger partial charge on any atom is -0.297 e. The van der Waals surface area contributed by atoms with E-state index in [9.17, 15) is 0 Å². The Kier molecular flexibility index (Phi) is 2.63. The average Bonchev–Trinajstić information content (AvgIpc) is 2.58. The molecule has 5 heteroatoms. The van der Waals surface area contributed by atoms with Gasteiger partial charge in [0.25, 0.3) is 0 Å². The van der Waals surface area contributed by atoms with E-state index in [1.54, 1.807) is 22.1 Å². The van der Waals surface area contributed by atoms with E-state index in [1.807, 2.05) is 11.6 Å². The minimum atomic E-state index is 1.00. The molecule has 0 bridgehead atoms. The van der Waals surface area contributed by atoms with E-state index in [-0.39, 0.29) is 0 Å². The third-order valence-electron chi connectivity index (χ3n) is 1.59. The number of hydrogen-bond donors (Lipinski definition) is 1. The first kappa shape index (κ1) is 8.47. The van der Waals surface area contributed by atoms with E-state index in [4.69, 9.17) is 0 Å². The van der Waals surface area contributed by atoms with Crippen LogP contribution in [0.4, 0.5) is 0 Å². The van der Waals surface area contributed by atoms with Crippen LogP contribution in [-0.4, -0.2) is 15.1 Å². The van der Waals surface area contributed by atoms with Gasteiger partial charge in [0.15, 0.2) is 4.96 Å². The molecule has 0 aliphatic carbocycles. The molecule has 2 aromatic rings. The molecule has 0 saturated heterocycles. The Morgan fingerprint density at radius 3 is 3.33 bits per heavy atom. The zero-order valence-corrected chi connectivity index (χ0v) is 8.83. The lowest BCUT2D eigenvalue weighted by Gasteiger charge is -1.89. The Morgan fingerprint density at radius 1 is 1.67 bits per heavy atom. The molecule has 0 radical (unpaired) electrons. The van der Waals surface area contributed by atoms with E-state index in [0.29, 0.717) is 0 Å². The van der Waals surface area contributed by atoms with Gasteiger partial charge in [0, 0.05) is 29.9 Å².